The third-order valence-electron chi connectivity index (χ3n) is 1.54. The van der Waals surface area contributed by atoms with Crippen molar-refractivity contribution in [2.24, 2.45) is 5.73 Å². The molecule has 4 N–H and O–H groups in total. The fourth-order valence-electron chi connectivity index (χ4n) is 0.939. The largest absolute Gasteiger partial charge is 0.478 e. The second kappa shape index (κ2) is 4.54. The molecule has 0 unspecified atom stereocenters. The summed E-state index contributed by atoms with van der Waals surface area (Å²) in [5.74, 6) is -1.95. The van der Waals surface area contributed by atoms with Crippen molar-refractivity contribution in [1.82, 2.24) is 0 Å². The number of nitrogens with two attached hydrogens (primary N) is 1. The van der Waals surface area contributed by atoms with Crippen molar-refractivity contribution >= 4 is 44.9 Å². The molecule has 1 aromatic rings. The number of hydrogen-bond donors (Lipinski definition) is 3. The number of halogens is 2. The zero-order chi connectivity index (χ0) is 11.6. The second-order valence-electron chi connectivity index (χ2n) is 2.61. The number of rotatable bonds is 2. The highest BCUT2D eigenvalue weighted by atomic mass is 79.9. The first-order valence-electron chi connectivity index (χ1n) is 3.70. The third kappa shape index (κ3) is 2.87. The van der Waals surface area contributed by atoms with Gasteiger partial charge >= 0.3 is 5.97 Å². The van der Waals surface area contributed by atoms with Crippen LogP contribution in [0.1, 0.15) is 10.4 Å². The summed E-state index contributed by atoms with van der Waals surface area (Å²) >= 11 is 7.56. The zero-order valence-corrected chi connectivity index (χ0v) is 9.65. The molecule has 0 saturated heterocycles. The van der Waals surface area contributed by atoms with E-state index in [0.717, 1.165) is 6.07 Å². The standard InChI is InChI=1S/C8H6BrFN2O2S/c9-4-1-3(7(13)14)2-5(10)6(4)12-8(11)15/h1-2H,(H,13,14)(H3,11,12,15). The van der Waals surface area contributed by atoms with Gasteiger partial charge < -0.3 is 16.2 Å². The Balaban J connectivity index is 3.21. The minimum absolute atomic E-state index is 0.0208. The van der Waals surface area contributed by atoms with Crippen molar-refractivity contribution in [3.8, 4) is 0 Å². The Kier molecular flexibility index (Phi) is 3.59. The Hall–Kier alpha value is -1.21. The van der Waals surface area contributed by atoms with E-state index >= 15 is 0 Å². The summed E-state index contributed by atoms with van der Waals surface area (Å²) in [6.45, 7) is 0. The fraction of sp³-hybridized carbons (Fsp3) is 0. The number of benzene rings is 1. The van der Waals surface area contributed by atoms with E-state index in [1.165, 1.54) is 6.07 Å². The number of carbonyl (C=O) groups is 1. The predicted octanol–water partition coefficient (Wildman–Crippen LogP) is 1.94. The highest BCUT2D eigenvalue weighted by molar-refractivity contribution is 9.10. The third-order valence-corrected chi connectivity index (χ3v) is 2.26. The Morgan fingerprint density at radius 2 is 2.20 bits per heavy atom. The zero-order valence-electron chi connectivity index (χ0n) is 7.25. The van der Waals surface area contributed by atoms with Crippen molar-refractivity contribution < 1.29 is 14.3 Å². The van der Waals surface area contributed by atoms with Gasteiger partial charge in [0.05, 0.1) is 11.3 Å². The van der Waals surface area contributed by atoms with Gasteiger partial charge in [-0.2, -0.15) is 0 Å². The molecule has 0 saturated carbocycles. The molecule has 0 heterocycles. The van der Waals surface area contributed by atoms with E-state index < -0.39 is 11.8 Å². The van der Waals surface area contributed by atoms with E-state index in [0.29, 0.717) is 0 Å². The lowest BCUT2D eigenvalue weighted by atomic mass is 10.2. The fourth-order valence-corrected chi connectivity index (χ4v) is 1.58. The molecule has 7 heteroatoms. The molecule has 1 aromatic carbocycles. The molecule has 0 amide bonds. The van der Waals surface area contributed by atoms with Crippen molar-refractivity contribution in [1.29, 1.82) is 0 Å². The quantitative estimate of drug-likeness (QED) is 0.727. The van der Waals surface area contributed by atoms with E-state index in [9.17, 15) is 9.18 Å². The number of thiocarbonyl (C=S) groups is 1. The Bertz CT molecular complexity index is 416. The molecule has 0 spiro atoms. The number of hydrogen-bond acceptors (Lipinski definition) is 2. The number of anilines is 1. The van der Waals surface area contributed by atoms with Gasteiger partial charge in [0.1, 0.15) is 5.82 Å². The van der Waals surface area contributed by atoms with E-state index in [2.05, 4.69) is 33.5 Å². The topological polar surface area (TPSA) is 75.3 Å². The molecule has 0 aromatic heterocycles. The first-order valence-corrected chi connectivity index (χ1v) is 4.90. The van der Waals surface area contributed by atoms with Gasteiger partial charge in [-0.25, -0.2) is 9.18 Å². The lowest BCUT2D eigenvalue weighted by molar-refractivity contribution is 0.0696. The van der Waals surface area contributed by atoms with Crippen LogP contribution in [0.3, 0.4) is 0 Å². The minimum atomic E-state index is -1.21. The lowest BCUT2D eigenvalue weighted by Gasteiger charge is -2.08. The van der Waals surface area contributed by atoms with Crippen LogP contribution in [0.25, 0.3) is 0 Å². The van der Waals surface area contributed by atoms with E-state index in [-0.39, 0.29) is 20.8 Å². The molecule has 0 aliphatic rings. The number of carboxylic acids is 1. The molecular formula is C8H6BrFN2O2S. The number of carboxylic acid groups (broad SMARTS) is 1. The maximum atomic E-state index is 13.4. The number of nitrogens with one attached hydrogen (secondary N) is 1. The van der Waals surface area contributed by atoms with E-state index in [1.54, 1.807) is 0 Å². The average molecular weight is 293 g/mol. The number of aromatic carboxylic acids is 1. The van der Waals surface area contributed by atoms with Crippen molar-refractivity contribution in [2.75, 3.05) is 5.32 Å². The maximum Gasteiger partial charge on any atom is 0.335 e. The van der Waals surface area contributed by atoms with Crippen molar-refractivity contribution in [2.45, 2.75) is 0 Å². The van der Waals surface area contributed by atoms with Crippen LogP contribution >= 0.6 is 28.1 Å². The van der Waals surface area contributed by atoms with Crippen LogP contribution in [0.15, 0.2) is 16.6 Å². The summed E-state index contributed by atoms with van der Waals surface area (Å²) in [6.07, 6.45) is 0. The van der Waals surface area contributed by atoms with Gasteiger partial charge in [-0.15, -0.1) is 0 Å². The summed E-state index contributed by atoms with van der Waals surface area (Å²) in [6, 6.07) is 2.14. The highest BCUT2D eigenvalue weighted by Crippen LogP contribution is 2.27. The Morgan fingerprint density at radius 1 is 1.60 bits per heavy atom. The SMILES string of the molecule is NC(=S)Nc1c(F)cc(C(=O)O)cc1Br. The van der Waals surface area contributed by atoms with Gasteiger partial charge in [-0.1, -0.05) is 0 Å². The smallest absolute Gasteiger partial charge is 0.335 e. The van der Waals surface area contributed by atoms with Crippen LogP contribution in [0, 0.1) is 5.82 Å². The minimum Gasteiger partial charge on any atom is -0.478 e. The summed E-state index contributed by atoms with van der Waals surface area (Å²) in [5, 5.41) is 11.0. The normalized spacial score (nSPS) is 9.73. The molecule has 0 radical (unpaired) electrons. The van der Waals surface area contributed by atoms with Crippen molar-refractivity contribution in [3.63, 3.8) is 0 Å². The van der Waals surface area contributed by atoms with Crippen molar-refractivity contribution in [3.05, 3.63) is 28.0 Å². The Morgan fingerprint density at radius 3 is 2.60 bits per heavy atom. The predicted molar refractivity (Wildman–Crippen MR) is 61.5 cm³/mol. The first kappa shape index (κ1) is 11.9. The second-order valence-corrected chi connectivity index (χ2v) is 3.90. The van der Waals surface area contributed by atoms with Crippen LogP contribution in [0.2, 0.25) is 0 Å². The Labute approximate surface area is 98.4 Å². The maximum absolute atomic E-state index is 13.4. The molecule has 0 aliphatic heterocycles. The van der Waals surface area contributed by atoms with Crippen LogP contribution in [-0.2, 0) is 0 Å². The van der Waals surface area contributed by atoms with Crippen LogP contribution in [-0.4, -0.2) is 16.2 Å². The lowest BCUT2D eigenvalue weighted by Crippen LogP contribution is -2.20. The van der Waals surface area contributed by atoms with Crippen LogP contribution in [0.4, 0.5) is 10.1 Å². The molecule has 0 bridgehead atoms. The molecule has 0 atom stereocenters. The van der Waals surface area contributed by atoms with E-state index in [1.807, 2.05) is 0 Å². The first-order chi connectivity index (χ1) is 6.91. The summed E-state index contributed by atoms with van der Waals surface area (Å²) in [7, 11) is 0. The monoisotopic (exact) mass is 292 g/mol. The van der Waals surface area contributed by atoms with Gasteiger partial charge in [0.25, 0.3) is 0 Å². The van der Waals surface area contributed by atoms with Crippen LogP contribution in [0.5, 0.6) is 0 Å². The molecular weight excluding hydrogens is 287 g/mol. The molecule has 1 rings (SSSR count). The van der Waals surface area contributed by atoms with Gasteiger partial charge in [0.15, 0.2) is 5.11 Å². The van der Waals surface area contributed by atoms with Crippen LogP contribution < -0.4 is 11.1 Å². The van der Waals surface area contributed by atoms with Gasteiger partial charge in [-0.05, 0) is 40.3 Å². The summed E-state index contributed by atoms with van der Waals surface area (Å²) in [4.78, 5) is 10.6. The molecule has 80 valence electrons. The van der Waals surface area contributed by atoms with Gasteiger partial charge in [0.2, 0.25) is 0 Å². The molecule has 0 fully saturated rings. The molecule has 4 nitrogen and oxygen atoms in total. The van der Waals surface area contributed by atoms with Gasteiger partial charge in [-0.3, -0.25) is 0 Å². The summed E-state index contributed by atoms with van der Waals surface area (Å²) < 4.78 is 13.6. The average Bonchev–Trinajstić information content (AvgIpc) is 2.10. The molecule has 0 aliphatic carbocycles. The van der Waals surface area contributed by atoms with E-state index in [4.69, 9.17) is 10.8 Å². The van der Waals surface area contributed by atoms with Gasteiger partial charge in [0, 0.05) is 4.47 Å². The molecule has 15 heavy (non-hydrogen) atoms. The highest BCUT2D eigenvalue weighted by Gasteiger charge is 2.13. The summed E-state index contributed by atoms with van der Waals surface area (Å²) in [5.41, 5.74) is 5.04.